The van der Waals surface area contributed by atoms with Crippen LogP contribution in [0.5, 0.6) is 0 Å². The van der Waals surface area contributed by atoms with Crippen molar-refractivity contribution in [2.45, 2.75) is 19.5 Å². The van der Waals surface area contributed by atoms with Crippen molar-refractivity contribution in [2.24, 2.45) is 9.98 Å². The molecule has 0 aromatic heterocycles. The van der Waals surface area contributed by atoms with Crippen molar-refractivity contribution in [3.63, 3.8) is 0 Å². The van der Waals surface area contributed by atoms with E-state index in [4.69, 9.17) is 4.99 Å². The number of hydrogen-bond acceptors (Lipinski definition) is 2. The van der Waals surface area contributed by atoms with E-state index in [1.807, 2.05) is 18.2 Å². The Morgan fingerprint density at radius 1 is 0.686 bits per heavy atom. The fourth-order valence-electron chi connectivity index (χ4n) is 6.73. The third-order valence-electron chi connectivity index (χ3n) is 9.49. The Labute approximate surface area is 301 Å². The molecule has 0 bridgehead atoms. The Hall–Kier alpha value is -6.32. The summed E-state index contributed by atoms with van der Waals surface area (Å²) in [4.78, 5) is 9.91. The molecule has 1 unspecified atom stereocenters. The molecule has 0 spiro atoms. The molecular formula is C48H41N3. The standard InChI is InChI=1S/C48H41N3/c1-4-35-28-29-40(37-18-10-6-11-19-37)31-46(35)45-32-42(27-26-34(45)2)48(50-33-43-24-15-25-44(43)38-20-12-7-13-21-38)51-47(49-3)41-23-14-22-39(30-41)36-16-8-5-9-17-36/h4-23,25-32,47H,1,3,24,33H2,2H3,(H,50,51). The minimum absolute atomic E-state index is 0.411. The summed E-state index contributed by atoms with van der Waals surface area (Å²) in [5.41, 5.74) is 14.9. The molecule has 0 amide bonds. The number of aryl methyl sites for hydroxylation is 1. The Morgan fingerprint density at radius 2 is 1.33 bits per heavy atom. The van der Waals surface area contributed by atoms with Gasteiger partial charge in [0.2, 0.25) is 0 Å². The van der Waals surface area contributed by atoms with Gasteiger partial charge < -0.3 is 5.32 Å². The average Bonchev–Trinajstić information content (AvgIpc) is 3.68. The first-order valence-electron chi connectivity index (χ1n) is 17.4. The maximum absolute atomic E-state index is 5.32. The third-order valence-corrected chi connectivity index (χ3v) is 9.49. The van der Waals surface area contributed by atoms with Gasteiger partial charge in [-0.15, -0.1) is 0 Å². The van der Waals surface area contributed by atoms with E-state index in [0.29, 0.717) is 6.54 Å². The topological polar surface area (TPSA) is 36.8 Å². The molecule has 3 heteroatoms. The van der Waals surface area contributed by atoms with Gasteiger partial charge in [0.15, 0.2) is 0 Å². The van der Waals surface area contributed by atoms with Gasteiger partial charge in [0.1, 0.15) is 12.0 Å². The molecule has 1 aliphatic rings. The summed E-state index contributed by atoms with van der Waals surface area (Å²) < 4.78 is 0. The van der Waals surface area contributed by atoms with Crippen molar-refractivity contribution in [3.8, 4) is 33.4 Å². The molecule has 0 saturated heterocycles. The second-order valence-corrected chi connectivity index (χ2v) is 12.8. The highest BCUT2D eigenvalue weighted by Crippen LogP contribution is 2.34. The van der Waals surface area contributed by atoms with Crippen LogP contribution in [0.2, 0.25) is 0 Å². The second-order valence-electron chi connectivity index (χ2n) is 12.8. The summed E-state index contributed by atoms with van der Waals surface area (Å²) in [5.74, 6) is 0.768. The molecule has 1 aliphatic carbocycles. The van der Waals surface area contributed by atoms with E-state index in [-0.39, 0.29) is 0 Å². The van der Waals surface area contributed by atoms with Crippen molar-refractivity contribution in [1.29, 1.82) is 0 Å². The fourth-order valence-corrected chi connectivity index (χ4v) is 6.73. The molecule has 7 rings (SSSR count). The van der Waals surface area contributed by atoms with Crippen LogP contribution < -0.4 is 5.32 Å². The number of aliphatic imine (C=N–C) groups is 2. The largest absolute Gasteiger partial charge is 0.345 e. The molecule has 0 saturated carbocycles. The number of hydrogen-bond donors (Lipinski definition) is 1. The first-order valence-corrected chi connectivity index (χ1v) is 17.4. The molecule has 3 nitrogen and oxygen atoms in total. The third kappa shape index (κ3) is 7.49. The molecule has 0 fully saturated rings. The van der Waals surface area contributed by atoms with Gasteiger partial charge in [0.05, 0.1) is 6.54 Å². The minimum Gasteiger partial charge on any atom is -0.345 e. The van der Waals surface area contributed by atoms with Crippen LogP contribution >= 0.6 is 0 Å². The van der Waals surface area contributed by atoms with E-state index in [2.05, 4.69) is 182 Å². The summed E-state index contributed by atoms with van der Waals surface area (Å²) in [5, 5.41) is 3.72. The molecular weight excluding hydrogens is 619 g/mol. The highest BCUT2D eigenvalue weighted by Gasteiger charge is 2.18. The van der Waals surface area contributed by atoms with Crippen LogP contribution in [0.25, 0.3) is 45.0 Å². The molecule has 1 N–H and O–H groups in total. The van der Waals surface area contributed by atoms with Crippen LogP contribution in [-0.2, 0) is 0 Å². The fraction of sp³-hybridized carbons (Fsp3) is 0.0833. The lowest BCUT2D eigenvalue weighted by atomic mass is 9.91. The van der Waals surface area contributed by atoms with E-state index in [1.165, 1.54) is 27.8 Å². The SMILES string of the molecule is C=Cc1ccc(-c2ccccc2)cc1-c1cc(/C(=N/CC2=C(c3ccccc3)C=CC2)NC(N=C)c2cccc(-c3ccccc3)c2)ccc1C. The van der Waals surface area contributed by atoms with E-state index >= 15 is 0 Å². The summed E-state index contributed by atoms with van der Waals surface area (Å²) in [6.07, 6.45) is 6.84. The second kappa shape index (κ2) is 15.5. The molecule has 6 aromatic rings. The molecule has 51 heavy (non-hydrogen) atoms. The van der Waals surface area contributed by atoms with Crippen LogP contribution in [0, 0.1) is 6.92 Å². The van der Waals surface area contributed by atoms with Crippen LogP contribution in [0.4, 0.5) is 0 Å². The molecule has 1 atom stereocenters. The number of rotatable bonds is 11. The summed E-state index contributed by atoms with van der Waals surface area (Å²) in [6, 6.07) is 53.1. The summed E-state index contributed by atoms with van der Waals surface area (Å²) >= 11 is 0. The minimum atomic E-state index is -0.411. The van der Waals surface area contributed by atoms with Crippen molar-refractivity contribution in [2.75, 3.05) is 6.54 Å². The first kappa shape index (κ1) is 33.2. The average molecular weight is 660 g/mol. The first-order chi connectivity index (χ1) is 25.1. The highest BCUT2D eigenvalue weighted by molar-refractivity contribution is 6.01. The number of allylic oxidation sites excluding steroid dienone is 3. The summed E-state index contributed by atoms with van der Waals surface area (Å²) in [6.45, 7) is 10.9. The lowest BCUT2D eigenvalue weighted by Gasteiger charge is -2.20. The van der Waals surface area contributed by atoms with Crippen LogP contribution in [-0.4, -0.2) is 19.1 Å². The van der Waals surface area contributed by atoms with Crippen molar-refractivity contribution in [3.05, 3.63) is 204 Å². The molecule has 0 radical (unpaired) electrons. The van der Waals surface area contributed by atoms with Gasteiger partial charge in [-0.25, -0.2) is 0 Å². The van der Waals surface area contributed by atoms with Gasteiger partial charge >= 0.3 is 0 Å². The van der Waals surface area contributed by atoms with Gasteiger partial charge in [-0.1, -0.05) is 158 Å². The molecule has 0 heterocycles. The molecule has 0 aliphatic heterocycles. The van der Waals surface area contributed by atoms with E-state index in [1.54, 1.807) is 0 Å². The van der Waals surface area contributed by atoms with Crippen molar-refractivity contribution in [1.82, 2.24) is 5.32 Å². The van der Waals surface area contributed by atoms with Gasteiger partial charge in [-0.2, -0.15) is 0 Å². The Bertz CT molecular complexity index is 2260. The monoisotopic (exact) mass is 659 g/mol. The predicted molar refractivity (Wildman–Crippen MR) is 218 cm³/mol. The van der Waals surface area contributed by atoms with Crippen LogP contribution in [0.3, 0.4) is 0 Å². The lowest BCUT2D eigenvalue weighted by Crippen LogP contribution is -2.29. The zero-order valence-electron chi connectivity index (χ0n) is 29.0. The highest BCUT2D eigenvalue weighted by atomic mass is 15.1. The normalized spacial score (nSPS) is 13.2. The maximum atomic E-state index is 5.32. The smallest absolute Gasteiger partial charge is 0.145 e. The maximum Gasteiger partial charge on any atom is 0.145 e. The van der Waals surface area contributed by atoms with E-state index in [9.17, 15) is 0 Å². The number of nitrogens with zero attached hydrogens (tertiary/aromatic N) is 2. The van der Waals surface area contributed by atoms with Crippen LogP contribution in [0.1, 0.15) is 40.4 Å². The zero-order chi connectivity index (χ0) is 35.0. The quantitative estimate of drug-likeness (QED) is 0.109. The molecule has 248 valence electrons. The van der Waals surface area contributed by atoms with Gasteiger partial charge in [0.25, 0.3) is 0 Å². The number of nitrogens with one attached hydrogen (secondary N) is 1. The van der Waals surface area contributed by atoms with E-state index in [0.717, 1.165) is 56.8 Å². The Kier molecular flexibility index (Phi) is 10.1. The number of amidine groups is 1. The van der Waals surface area contributed by atoms with Crippen molar-refractivity contribution < 1.29 is 0 Å². The Morgan fingerprint density at radius 3 is 2.00 bits per heavy atom. The van der Waals surface area contributed by atoms with Gasteiger partial charge in [-0.05, 0) is 105 Å². The van der Waals surface area contributed by atoms with E-state index < -0.39 is 6.17 Å². The Balaban J connectivity index is 1.31. The number of benzene rings is 6. The van der Waals surface area contributed by atoms with Crippen molar-refractivity contribution >= 4 is 24.2 Å². The van der Waals surface area contributed by atoms with Crippen LogP contribution in [0.15, 0.2) is 186 Å². The zero-order valence-corrected chi connectivity index (χ0v) is 29.0. The van der Waals surface area contributed by atoms with Gasteiger partial charge in [0, 0.05) is 5.56 Å². The predicted octanol–water partition coefficient (Wildman–Crippen LogP) is 11.8. The molecule has 6 aromatic carbocycles. The summed E-state index contributed by atoms with van der Waals surface area (Å²) in [7, 11) is 0. The lowest BCUT2D eigenvalue weighted by molar-refractivity contribution is 0.688. The van der Waals surface area contributed by atoms with Gasteiger partial charge in [-0.3, -0.25) is 9.98 Å².